The van der Waals surface area contributed by atoms with E-state index in [1.54, 1.807) is 16.8 Å². The van der Waals surface area contributed by atoms with Gasteiger partial charge in [-0.3, -0.25) is 0 Å². The molecular formula is C21H22FIN6S. The first-order chi connectivity index (χ1) is 14.2. The van der Waals surface area contributed by atoms with E-state index in [0.717, 1.165) is 31.9 Å². The highest BCUT2D eigenvalue weighted by molar-refractivity contribution is 14.1. The number of aromatic nitrogens is 4. The molecule has 4 rings (SSSR count). The fourth-order valence-corrected chi connectivity index (χ4v) is 4.94. The van der Waals surface area contributed by atoms with Gasteiger partial charge in [0.15, 0.2) is 0 Å². The summed E-state index contributed by atoms with van der Waals surface area (Å²) in [5.74, 6) is 1.20. The molecule has 3 heterocycles. The lowest BCUT2D eigenvalue weighted by molar-refractivity contribution is 0.612. The monoisotopic (exact) mass is 536 g/mol. The van der Waals surface area contributed by atoms with Crippen LogP contribution < -0.4 is 11.1 Å². The first-order valence-corrected chi connectivity index (χ1v) is 11.1. The molecule has 0 amide bonds. The highest BCUT2D eigenvalue weighted by Crippen LogP contribution is 2.47. The number of halogens is 2. The maximum atomic E-state index is 14.1. The topological polar surface area (TPSA) is 81.7 Å². The van der Waals surface area contributed by atoms with E-state index < -0.39 is 0 Å². The van der Waals surface area contributed by atoms with Crippen LogP contribution >= 0.6 is 35.2 Å². The molecule has 9 heteroatoms. The lowest BCUT2D eigenvalue weighted by Gasteiger charge is -2.21. The summed E-state index contributed by atoms with van der Waals surface area (Å²) in [6.45, 7) is 6.16. The zero-order valence-corrected chi connectivity index (χ0v) is 19.9. The van der Waals surface area contributed by atoms with Crippen molar-refractivity contribution < 1.29 is 4.39 Å². The smallest absolute Gasteiger partial charge is 0.254 e. The van der Waals surface area contributed by atoms with Crippen molar-refractivity contribution in [1.82, 2.24) is 19.7 Å². The second kappa shape index (κ2) is 7.84. The molecule has 0 radical (unpaired) electrons. The summed E-state index contributed by atoms with van der Waals surface area (Å²) >= 11 is 6.66. The third-order valence-electron chi connectivity index (χ3n) is 5.40. The van der Waals surface area contributed by atoms with Gasteiger partial charge >= 0.3 is 0 Å². The first kappa shape index (κ1) is 21.1. The Kier molecular flexibility index (Phi) is 5.52. The van der Waals surface area contributed by atoms with E-state index in [1.807, 2.05) is 19.2 Å². The maximum Gasteiger partial charge on any atom is 0.254 e. The van der Waals surface area contributed by atoms with Crippen LogP contribution in [0.25, 0.3) is 5.95 Å². The number of hydrogen-bond acceptors (Lipinski definition) is 6. The fourth-order valence-electron chi connectivity index (χ4n) is 3.80. The summed E-state index contributed by atoms with van der Waals surface area (Å²) < 4.78 is 16.6. The highest BCUT2D eigenvalue weighted by Gasteiger charge is 2.40. The molecule has 30 heavy (non-hydrogen) atoms. The maximum absolute atomic E-state index is 14.1. The van der Waals surface area contributed by atoms with E-state index in [-0.39, 0.29) is 11.2 Å². The number of nitrogens with zero attached hydrogens (tertiary/aromatic N) is 4. The van der Waals surface area contributed by atoms with Gasteiger partial charge in [0.05, 0.1) is 8.61 Å². The molecule has 3 aromatic rings. The number of hydrogen-bond donors (Lipinski definition) is 3. The zero-order valence-electron chi connectivity index (χ0n) is 16.9. The van der Waals surface area contributed by atoms with Gasteiger partial charge in [0, 0.05) is 29.3 Å². The molecule has 1 aliphatic heterocycles. The third kappa shape index (κ3) is 3.58. The van der Waals surface area contributed by atoms with E-state index in [9.17, 15) is 4.39 Å². The van der Waals surface area contributed by atoms with Crippen LogP contribution in [0.4, 0.5) is 16.0 Å². The molecule has 1 aromatic carbocycles. The van der Waals surface area contributed by atoms with Crippen molar-refractivity contribution >= 4 is 46.9 Å². The predicted octanol–water partition coefficient (Wildman–Crippen LogP) is 4.77. The number of nitrogens with two attached hydrogens (primary N) is 1. The largest absolute Gasteiger partial charge is 0.383 e. The molecule has 2 aromatic heterocycles. The standard InChI is InChI=1S/C21H22FIN6S/c1-4-11-10-29(28-14(11)9-12-7-5-6-8-13(12)22)20-26-18(24)15-19(27-20)25-16(17(23)30)21(15,2)3/h5-8,10,30H,4,9H2,1-3H3,(H3,24,25,26,27)/b17-16+. The molecule has 1 aliphatic rings. The van der Waals surface area contributed by atoms with Crippen LogP contribution in [0.1, 0.15) is 43.2 Å². The predicted molar refractivity (Wildman–Crippen MR) is 129 cm³/mol. The number of allylic oxidation sites excluding steroid dienone is 1. The summed E-state index contributed by atoms with van der Waals surface area (Å²) in [6.07, 6.45) is 3.05. The zero-order chi connectivity index (χ0) is 21.6. The van der Waals surface area contributed by atoms with Crippen molar-refractivity contribution in [2.75, 3.05) is 11.1 Å². The lowest BCUT2D eigenvalue weighted by Crippen LogP contribution is -2.19. The van der Waals surface area contributed by atoms with Crippen molar-refractivity contribution in [2.45, 2.75) is 39.0 Å². The number of rotatable bonds is 4. The molecule has 0 bridgehead atoms. The second-order valence-corrected chi connectivity index (χ2v) is 10.1. The van der Waals surface area contributed by atoms with Crippen molar-refractivity contribution in [3.8, 4) is 5.95 Å². The minimum atomic E-state index is -0.370. The molecule has 0 saturated heterocycles. The van der Waals surface area contributed by atoms with Gasteiger partial charge < -0.3 is 11.1 Å². The third-order valence-corrected chi connectivity index (χ3v) is 6.17. The van der Waals surface area contributed by atoms with E-state index in [4.69, 9.17) is 5.73 Å². The van der Waals surface area contributed by atoms with Gasteiger partial charge in [0.1, 0.15) is 17.5 Å². The van der Waals surface area contributed by atoms with Gasteiger partial charge in [-0.15, -0.1) is 12.6 Å². The first-order valence-electron chi connectivity index (χ1n) is 9.57. The van der Waals surface area contributed by atoms with Crippen molar-refractivity contribution in [1.29, 1.82) is 0 Å². The van der Waals surface area contributed by atoms with Gasteiger partial charge in [-0.1, -0.05) is 25.1 Å². The number of benzene rings is 1. The molecule has 6 nitrogen and oxygen atoms in total. The molecule has 0 unspecified atom stereocenters. The minimum absolute atomic E-state index is 0.237. The van der Waals surface area contributed by atoms with Gasteiger partial charge in [0.25, 0.3) is 5.95 Å². The summed E-state index contributed by atoms with van der Waals surface area (Å²) in [5.41, 5.74) is 10.2. The van der Waals surface area contributed by atoms with Gasteiger partial charge in [-0.05, 0) is 60.1 Å². The van der Waals surface area contributed by atoms with Crippen LogP contribution in [0, 0.1) is 5.82 Å². The number of fused-ring (bicyclic) bond motifs is 1. The molecule has 156 valence electrons. The SMILES string of the molecule is CCc1cn(-c2nc(N)c3c(n2)N/C(=C(/S)I)C3(C)C)nc1Cc1ccccc1F. The number of aryl methyl sites for hydroxylation is 1. The summed E-state index contributed by atoms with van der Waals surface area (Å²) in [7, 11) is 0. The van der Waals surface area contributed by atoms with Crippen LogP contribution in [-0.4, -0.2) is 19.7 Å². The molecular weight excluding hydrogens is 514 g/mol. The average Bonchev–Trinajstić information content (AvgIpc) is 3.21. The average molecular weight is 536 g/mol. The van der Waals surface area contributed by atoms with E-state index in [0.29, 0.717) is 29.6 Å². The molecule has 0 aliphatic carbocycles. The quantitative estimate of drug-likeness (QED) is 0.331. The Morgan fingerprint density at radius 1 is 1.27 bits per heavy atom. The van der Waals surface area contributed by atoms with E-state index >= 15 is 0 Å². The van der Waals surface area contributed by atoms with Crippen LogP contribution in [0.3, 0.4) is 0 Å². The van der Waals surface area contributed by atoms with Crippen molar-refractivity contribution in [2.24, 2.45) is 0 Å². The normalized spacial score (nSPS) is 16.3. The van der Waals surface area contributed by atoms with Crippen LogP contribution in [-0.2, 0) is 18.3 Å². The summed E-state index contributed by atoms with van der Waals surface area (Å²) in [6, 6.07) is 6.75. The van der Waals surface area contributed by atoms with Crippen LogP contribution in [0.2, 0.25) is 0 Å². The Balaban J connectivity index is 1.76. The van der Waals surface area contributed by atoms with Crippen molar-refractivity contribution in [3.63, 3.8) is 0 Å². The number of thiol groups is 1. The Morgan fingerprint density at radius 3 is 2.67 bits per heavy atom. The number of anilines is 2. The van der Waals surface area contributed by atoms with Gasteiger partial charge in [0.2, 0.25) is 0 Å². The molecule has 0 saturated carbocycles. The second-order valence-electron chi connectivity index (χ2n) is 7.72. The van der Waals surface area contributed by atoms with E-state index in [1.165, 1.54) is 6.07 Å². The van der Waals surface area contributed by atoms with Gasteiger partial charge in [-0.2, -0.15) is 15.1 Å². The Morgan fingerprint density at radius 2 is 2.00 bits per heavy atom. The molecule has 3 N–H and O–H groups in total. The molecule has 0 atom stereocenters. The Bertz CT molecular complexity index is 1170. The Hall–Kier alpha value is -2.14. The van der Waals surface area contributed by atoms with Crippen LogP contribution in [0.5, 0.6) is 0 Å². The number of nitrogens with one attached hydrogen (secondary N) is 1. The molecule has 0 fully saturated rings. The van der Waals surface area contributed by atoms with Crippen LogP contribution in [0.15, 0.2) is 39.1 Å². The highest BCUT2D eigenvalue weighted by atomic mass is 127. The molecule has 0 spiro atoms. The minimum Gasteiger partial charge on any atom is -0.383 e. The van der Waals surface area contributed by atoms with Gasteiger partial charge in [-0.25, -0.2) is 9.07 Å². The van der Waals surface area contributed by atoms with Crippen molar-refractivity contribution in [3.05, 3.63) is 67.3 Å². The summed E-state index contributed by atoms with van der Waals surface area (Å²) in [4.78, 5) is 9.20. The summed E-state index contributed by atoms with van der Waals surface area (Å²) in [5, 5.41) is 7.99. The number of nitrogen functional groups attached to an aromatic ring is 1. The fraction of sp³-hybridized carbons (Fsp3) is 0.286. The lowest BCUT2D eigenvalue weighted by atomic mass is 9.85. The Labute approximate surface area is 193 Å². The van der Waals surface area contributed by atoms with E-state index in [2.05, 4.69) is 69.5 Å².